The van der Waals surface area contributed by atoms with E-state index in [9.17, 15) is 9.59 Å². The molecular formula is C14H18N4O3. The number of imidazole rings is 1. The first kappa shape index (κ1) is 13.8. The van der Waals surface area contributed by atoms with Crippen LogP contribution in [0, 0.1) is 0 Å². The smallest absolute Gasteiger partial charge is 0.331 e. The van der Waals surface area contributed by atoms with Crippen LogP contribution in [0.4, 0.5) is 0 Å². The van der Waals surface area contributed by atoms with Gasteiger partial charge in [0.2, 0.25) is 0 Å². The van der Waals surface area contributed by atoms with E-state index in [0.717, 1.165) is 25.9 Å². The topological polar surface area (TPSA) is 80.4 Å². The van der Waals surface area contributed by atoms with E-state index < -0.39 is 5.97 Å². The molecule has 2 aromatic heterocycles. The van der Waals surface area contributed by atoms with Crippen LogP contribution in [0.15, 0.2) is 23.1 Å². The number of pyridine rings is 1. The summed E-state index contributed by atoms with van der Waals surface area (Å²) in [5.41, 5.74) is 0.891. The van der Waals surface area contributed by atoms with Gasteiger partial charge in [0.25, 0.3) is 0 Å². The Morgan fingerprint density at radius 1 is 1.43 bits per heavy atom. The summed E-state index contributed by atoms with van der Waals surface area (Å²) in [6.45, 7) is 1.52. The molecule has 0 spiro atoms. The second-order valence-electron chi connectivity index (χ2n) is 5.51. The average molecular weight is 290 g/mol. The van der Waals surface area contributed by atoms with Gasteiger partial charge in [-0.2, -0.15) is 0 Å². The average Bonchev–Trinajstić information content (AvgIpc) is 2.73. The monoisotopic (exact) mass is 290 g/mol. The molecule has 0 saturated carbocycles. The van der Waals surface area contributed by atoms with E-state index in [0.29, 0.717) is 11.2 Å². The van der Waals surface area contributed by atoms with Crippen molar-refractivity contribution >= 4 is 17.1 Å². The lowest BCUT2D eigenvalue weighted by Crippen LogP contribution is -2.36. The molecule has 0 amide bonds. The normalized spacial score (nSPS) is 17.4. The molecule has 1 saturated heterocycles. The zero-order valence-electron chi connectivity index (χ0n) is 11.9. The first-order valence-electron chi connectivity index (χ1n) is 7.04. The molecule has 7 nitrogen and oxygen atoms in total. The van der Waals surface area contributed by atoms with Crippen molar-refractivity contribution in [1.82, 2.24) is 19.0 Å². The van der Waals surface area contributed by atoms with Crippen molar-refractivity contribution in [2.75, 3.05) is 20.1 Å². The van der Waals surface area contributed by atoms with E-state index in [1.54, 1.807) is 22.9 Å². The third-order valence-corrected chi connectivity index (χ3v) is 4.07. The summed E-state index contributed by atoms with van der Waals surface area (Å²) in [5.74, 6) is -1.02. The summed E-state index contributed by atoms with van der Waals surface area (Å²) in [6.07, 6.45) is 3.39. The number of aliphatic carboxylic acids is 1. The van der Waals surface area contributed by atoms with E-state index >= 15 is 0 Å². The molecule has 1 N–H and O–H groups in total. The third-order valence-electron chi connectivity index (χ3n) is 4.07. The highest BCUT2D eigenvalue weighted by Crippen LogP contribution is 2.24. The predicted molar refractivity (Wildman–Crippen MR) is 77.4 cm³/mol. The van der Waals surface area contributed by atoms with Gasteiger partial charge >= 0.3 is 11.7 Å². The molecule has 0 bridgehead atoms. The van der Waals surface area contributed by atoms with E-state index in [2.05, 4.69) is 16.9 Å². The molecule has 7 heteroatoms. The van der Waals surface area contributed by atoms with Gasteiger partial charge in [-0.1, -0.05) is 0 Å². The third kappa shape index (κ3) is 2.44. The van der Waals surface area contributed by atoms with Gasteiger partial charge in [0.05, 0.1) is 5.52 Å². The molecular weight excluding hydrogens is 272 g/mol. The minimum absolute atomic E-state index is 0.0844. The number of hydrogen-bond donors (Lipinski definition) is 1. The molecule has 1 fully saturated rings. The summed E-state index contributed by atoms with van der Waals surface area (Å²) >= 11 is 0. The Balaban J connectivity index is 2.12. The van der Waals surface area contributed by atoms with Crippen molar-refractivity contribution in [3.8, 4) is 0 Å². The minimum atomic E-state index is -1.02. The number of likely N-dealkylation sites (tertiary alicyclic amines) is 1. The second kappa shape index (κ2) is 5.33. The van der Waals surface area contributed by atoms with Crippen molar-refractivity contribution in [2.24, 2.45) is 0 Å². The zero-order valence-corrected chi connectivity index (χ0v) is 11.9. The van der Waals surface area contributed by atoms with E-state index in [1.165, 1.54) is 4.57 Å². The van der Waals surface area contributed by atoms with Gasteiger partial charge in [0, 0.05) is 12.2 Å². The van der Waals surface area contributed by atoms with Crippen LogP contribution >= 0.6 is 0 Å². The van der Waals surface area contributed by atoms with Crippen molar-refractivity contribution < 1.29 is 9.90 Å². The molecule has 1 aliphatic heterocycles. The van der Waals surface area contributed by atoms with E-state index in [1.807, 2.05) is 0 Å². The zero-order chi connectivity index (χ0) is 15.0. The quantitative estimate of drug-likeness (QED) is 0.893. The number of aromatic nitrogens is 3. The number of fused-ring (bicyclic) bond motifs is 1. The SMILES string of the molecule is CN1CCC(n2c(=O)n(CC(=O)O)c3cccnc32)CC1. The Labute approximate surface area is 121 Å². The van der Waals surface area contributed by atoms with Crippen molar-refractivity contribution in [3.05, 3.63) is 28.8 Å². The van der Waals surface area contributed by atoms with Crippen LogP contribution < -0.4 is 5.69 Å². The fourth-order valence-corrected chi connectivity index (χ4v) is 2.98. The Morgan fingerprint density at radius 2 is 2.14 bits per heavy atom. The number of piperidine rings is 1. The summed E-state index contributed by atoms with van der Waals surface area (Å²) in [5, 5.41) is 9.01. The molecule has 0 atom stereocenters. The summed E-state index contributed by atoms with van der Waals surface area (Å²) in [7, 11) is 2.06. The standard InChI is InChI=1S/C14H18N4O3/c1-16-7-4-10(5-8-16)18-13-11(3-2-6-15-13)17(14(18)21)9-12(19)20/h2-3,6,10H,4-5,7-9H2,1H3,(H,19,20). The molecule has 0 unspecified atom stereocenters. The number of rotatable bonds is 3. The van der Waals surface area contributed by atoms with Crippen LogP contribution in [0.2, 0.25) is 0 Å². The maximum absolute atomic E-state index is 12.6. The summed E-state index contributed by atoms with van der Waals surface area (Å²) < 4.78 is 2.97. The fourth-order valence-electron chi connectivity index (χ4n) is 2.98. The number of hydrogen-bond acceptors (Lipinski definition) is 4. The first-order chi connectivity index (χ1) is 10.1. The maximum atomic E-state index is 12.6. The number of carbonyl (C=O) groups is 1. The first-order valence-corrected chi connectivity index (χ1v) is 7.04. The van der Waals surface area contributed by atoms with Crippen LogP contribution in [-0.4, -0.2) is 50.2 Å². The van der Waals surface area contributed by atoms with Gasteiger partial charge in [-0.15, -0.1) is 0 Å². The molecule has 0 aliphatic carbocycles. The molecule has 21 heavy (non-hydrogen) atoms. The molecule has 0 radical (unpaired) electrons. The van der Waals surface area contributed by atoms with Crippen LogP contribution in [0.25, 0.3) is 11.2 Å². The number of carboxylic acid groups (broad SMARTS) is 1. The minimum Gasteiger partial charge on any atom is -0.480 e. The highest BCUT2D eigenvalue weighted by atomic mass is 16.4. The molecule has 112 valence electrons. The van der Waals surface area contributed by atoms with Gasteiger partial charge in [-0.05, 0) is 45.1 Å². The van der Waals surface area contributed by atoms with Crippen molar-refractivity contribution in [3.63, 3.8) is 0 Å². The predicted octanol–water partition coefficient (Wildman–Crippen LogP) is 0.549. The Hall–Kier alpha value is -2.15. The molecule has 3 rings (SSSR count). The van der Waals surface area contributed by atoms with E-state index in [-0.39, 0.29) is 18.3 Å². The van der Waals surface area contributed by atoms with Crippen LogP contribution in [0.5, 0.6) is 0 Å². The van der Waals surface area contributed by atoms with Gasteiger partial charge in [-0.25, -0.2) is 9.78 Å². The Kier molecular flexibility index (Phi) is 3.50. The van der Waals surface area contributed by atoms with E-state index in [4.69, 9.17) is 5.11 Å². The highest BCUT2D eigenvalue weighted by Gasteiger charge is 2.25. The van der Waals surface area contributed by atoms with Gasteiger partial charge in [-0.3, -0.25) is 13.9 Å². The van der Waals surface area contributed by atoms with Gasteiger partial charge < -0.3 is 10.0 Å². The van der Waals surface area contributed by atoms with Gasteiger partial charge in [0.15, 0.2) is 5.65 Å². The second-order valence-corrected chi connectivity index (χ2v) is 5.51. The molecule has 0 aromatic carbocycles. The lowest BCUT2D eigenvalue weighted by molar-refractivity contribution is -0.137. The maximum Gasteiger partial charge on any atom is 0.331 e. The number of carboxylic acids is 1. The highest BCUT2D eigenvalue weighted by molar-refractivity contribution is 5.75. The van der Waals surface area contributed by atoms with Crippen molar-refractivity contribution in [1.29, 1.82) is 0 Å². The lowest BCUT2D eigenvalue weighted by Gasteiger charge is -2.29. The number of nitrogens with zero attached hydrogens (tertiary/aromatic N) is 4. The lowest BCUT2D eigenvalue weighted by atomic mass is 10.1. The molecule has 2 aromatic rings. The molecule has 3 heterocycles. The summed E-state index contributed by atoms with van der Waals surface area (Å²) in [6, 6.07) is 3.55. The van der Waals surface area contributed by atoms with Crippen LogP contribution in [0.3, 0.4) is 0 Å². The Morgan fingerprint density at radius 3 is 2.81 bits per heavy atom. The largest absolute Gasteiger partial charge is 0.480 e. The van der Waals surface area contributed by atoms with Gasteiger partial charge in [0.1, 0.15) is 6.54 Å². The van der Waals surface area contributed by atoms with Crippen LogP contribution in [0.1, 0.15) is 18.9 Å². The fraction of sp³-hybridized carbons (Fsp3) is 0.500. The van der Waals surface area contributed by atoms with Crippen LogP contribution in [-0.2, 0) is 11.3 Å². The molecule has 1 aliphatic rings. The summed E-state index contributed by atoms with van der Waals surface area (Å²) in [4.78, 5) is 30.1. The Bertz CT molecular complexity index is 725. The van der Waals surface area contributed by atoms with Crippen molar-refractivity contribution in [2.45, 2.75) is 25.4 Å².